The van der Waals surface area contributed by atoms with Crippen LogP contribution in [0.15, 0.2) is 17.2 Å². The Morgan fingerprint density at radius 1 is 1.44 bits per heavy atom. The van der Waals surface area contributed by atoms with E-state index in [9.17, 15) is 8.42 Å². The summed E-state index contributed by atoms with van der Waals surface area (Å²) in [6.07, 6.45) is 2.36. The number of aryl methyl sites for hydroxylation is 1. The van der Waals surface area contributed by atoms with Crippen LogP contribution in [0.1, 0.15) is 26.0 Å². The van der Waals surface area contributed by atoms with Crippen molar-refractivity contribution in [3.8, 4) is 0 Å². The molecule has 0 unspecified atom stereocenters. The number of aliphatic hydroxyl groups is 1. The smallest absolute Gasteiger partial charge is 0.244 e. The Labute approximate surface area is 109 Å². The summed E-state index contributed by atoms with van der Waals surface area (Å²) in [4.78, 5) is 0.236. The van der Waals surface area contributed by atoms with Crippen molar-refractivity contribution in [2.24, 2.45) is 13.0 Å². The highest BCUT2D eigenvalue weighted by molar-refractivity contribution is 7.89. The average molecular weight is 274 g/mol. The zero-order valence-corrected chi connectivity index (χ0v) is 12.2. The average Bonchev–Trinajstić information content (AvgIpc) is 2.67. The molecule has 0 bridgehead atoms. The second-order valence-corrected chi connectivity index (χ2v) is 6.99. The lowest BCUT2D eigenvalue weighted by atomic mass is 10.1. The number of aromatic nitrogens is 1. The lowest BCUT2D eigenvalue weighted by Gasteiger charge is -2.17. The number of rotatable bonds is 6. The minimum absolute atomic E-state index is 0.165. The van der Waals surface area contributed by atoms with Gasteiger partial charge in [-0.25, -0.2) is 12.7 Å². The zero-order chi connectivity index (χ0) is 13.9. The Bertz CT molecular complexity index is 491. The summed E-state index contributed by atoms with van der Waals surface area (Å²) in [7, 11) is -0.137. The van der Waals surface area contributed by atoms with Crippen LogP contribution in [0.3, 0.4) is 0 Å². The van der Waals surface area contributed by atoms with E-state index in [1.54, 1.807) is 18.7 Å². The van der Waals surface area contributed by atoms with Gasteiger partial charge in [0.1, 0.15) is 4.90 Å². The number of hydrogen-bond donors (Lipinski definition) is 1. The van der Waals surface area contributed by atoms with E-state index in [1.807, 2.05) is 0 Å². The first-order valence-electron chi connectivity index (χ1n) is 6.01. The molecule has 1 rings (SSSR count). The predicted octanol–water partition coefficient (Wildman–Crippen LogP) is 1.18. The van der Waals surface area contributed by atoms with Crippen LogP contribution in [-0.2, 0) is 23.7 Å². The third kappa shape index (κ3) is 3.34. The molecule has 18 heavy (non-hydrogen) atoms. The van der Waals surface area contributed by atoms with Crippen LogP contribution < -0.4 is 0 Å². The van der Waals surface area contributed by atoms with Crippen molar-refractivity contribution in [3.05, 3.63) is 18.0 Å². The molecule has 0 saturated heterocycles. The van der Waals surface area contributed by atoms with Gasteiger partial charge in [0, 0.05) is 32.5 Å². The maximum atomic E-state index is 12.3. The van der Waals surface area contributed by atoms with Gasteiger partial charge in [0.05, 0.1) is 6.61 Å². The summed E-state index contributed by atoms with van der Waals surface area (Å²) in [5.74, 6) is 0.464. The molecule has 0 aliphatic carbocycles. The molecule has 0 fully saturated rings. The van der Waals surface area contributed by atoms with Crippen molar-refractivity contribution in [1.29, 1.82) is 0 Å². The molecular formula is C12H22N2O3S. The molecule has 1 aromatic rings. The fourth-order valence-electron chi connectivity index (χ4n) is 1.62. The molecular weight excluding hydrogens is 252 g/mol. The Morgan fingerprint density at radius 2 is 2.06 bits per heavy atom. The molecule has 0 aliphatic rings. The van der Waals surface area contributed by atoms with E-state index in [2.05, 4.69) is 13.8 Å². The summed E-state index contributed by atoms with van der Waals surface area (Å²) in [6, 6.07) is 1.52. The van der Waals surface area contributed by atoms with Gasteiger partial charge in [-0.2, -0.15) is 0 Å². The third-order valence-electron chi connectivity index (χ3n) is 2.97. The molecule has 0 saturated carbocycles. The molecule has 0 atom stereocenters. The van der Waals surface area contributed by atoms with Gasteiger partial charge in [0.2, 0.25) is 10.0 Å². The van der Waals surface area contributed by atoms with E-state index >= 15 is 0 Å². The Hall–Kier alpha value is -0.850. The fraction of sp³-hybridized carbons (Fsp3) is 0.667. The van der Waals surface area contributed by atoms with Crippen LogP contribution in [-0.4, -0.2) is 36.0 Å². The van der Waals surface area contributed by atoms with Gasteiger partial charge in [-0.15, -0.1) is 0 Å². The highest BCUT2D eigenvalue weighted by Crippen LogP contribution is 2.18. The standard InChI is InChI=1S/C12H22N2O3S/c1-10(2)5-6-14(4)18(16,17)12-7-11(9-15)13(3)8-12/h7-8,10,15H,5-6,9H2,1-4H3. The Kier molecular flexibility index (Phi) is 4.95. The molecule has 1 heterocycles. The molecule has 0 amide bonds. The van der Waals surface area contributed by atoms with Crippen LogP contribution >= 0.6 is 0 Å². The molecule has 0 aliphatic heterocycles. The van der Waals surface area contributed by atoms with E-state index in [4.69, 9.17) is 5.11 Å². The van der Waals surface area contributed by atoms with Gasteiger partial charge in [0.25, 0.3) is 0 Å². The molecule has 1 aromatic heterocycles. The lowest BCUT2D eigenvalue weighted by Crippen LogP contribution is -2.28. The molecule has 0 spiro atoms. The van der Waals surface area contributed by atoms with E-state index in [0.29, 0.717) is 18.2 Å². The van der Waals surface area contributed by atoms with Crippen molar-refractivity contribution in [3.63, 3.8) is 0 Å². The topological polar surface area (TPSA) is 62.5 Å². The molecule has 1 N–H and O–H groups in total. The number of aliphatic hydroxyl groups excluding tert-OH is 1. The highest BCUT2D eigenvalue weighted by atomic mass is 32.2. The number of nitrogens with zero attached hydrogens (tertiary/aromatic N) is 2. The lowest BCUT2D eigenvalue weighted by molar-refractivity contribution is 0.272. The summed E-state index contributed by atoms with van der Waals surface area (Å²) in [5, 5.41) is 9.08. The monoisotopic (exact) mass is 274 g/mol. The minimum Gasteiger partial charge on any atom is -0.390 e. The second kappa shape index (κ2) is 5.86. The van der Waals surface area contributed by atoms with E-state index < -0.39 is 10.0 Å². The normalized spacial score (nSPS) is 12.6. The van der Waals surface area contributed by atoms with Crippen LogP contribution in [0, 0.1) is 5.92 Å². The maximum absolute atomic E-state index is 12.3. The highest BCUT2D eigenvalue weighted by Gasteiger charge is 2.22. The fourth-order valence-corrected chi connectivity index (χ4v) is 2.90. The molecule has 6 heteroatoms. The van der Waals surface area contributed by atoms with Crippen LogP contribution in [0.25, 0.3) is 0 Å². The molecule has 0 aromatic carbocycles. The number of hydrogen-bond acceptors (Lipinski definition) is 3. The van der Waals surface area contributed by atoms with Crippen molar-refractivity contribution in [1.82, 2.24) is 8.87 Å². The first-order chi connectivity index (χ1) is 8.28. The summed E-state index contributed by atoms with van der Waals surface area (Å²) >= 11 is 0. The van der Waals surface area contributed by atoms with Crippen molar-refractivity contribution in [2.45, 2.75) is 31.8 Å². The second-order valence-electron chi connectivity index (χ2n) is 4.95. The van der Waals surface area contributed by atoms with E-state index in [1.165, 1.54) is 16.6 Å². The number of sulfonamides is 1. The minimum atomic E-state index is -3.45. The van der Waals surface area contributed by atoms with Gasteiger partial charge < -0.3 is 9.67 Å². The maximum Gasteiger partial charge on any atom is 0.244 e. The summed E-state index contributed by atoms with van der Waals surface area (Å²) in [6.45, 7) is 4.46. The molecule has 5 nitrogen and oxygen atoms in total. The van der Waals surface area contributed by atoms with Crippen LogP contribution in [0.2, 0.25) is 0 Å². The SMILES string of the molecule is CC(C)CCN(C)S(=O)(=O)c1cc(CO)n(C)c1. The zero-order valence-electron chi connectivity index (χ0n) is 11.4. The first-order valence-corrected chi connectivity index (χ1v) is 7.45. The first kappa shape index (κ1) is 15.2. The van der Waals surface area contributed by atoms with Crippen molar-refractivity contribution >= 4 is 10.0 Å². The van der Waals surface area contributed by atoms with Crippen molar-refractivity contribution in [2.75, 3.05) is 13.6 Å². The van der Waals surface area contributed by atoms with Gasteiger partial charge in [-0.3, -0.25) is 0 Å². The Morgan fingerprint density at radius 3 is 2.50 bits per heavy atom. The molecule has 0 radical (unpaired) electrons. The van der Waals surface area contributed by atoms with Gasteiger partial charge in [0.15, 0.2) is 0 Å². The van der Waals surface area contributed by atoms with Gasteiger partial charge >= 0.3 is 0 Å². The van der Waals surface area contributed by atoms with Crippen LogP contribution in [0.4, 0.5) is 0 Å². The van der Waals surface area contributed by atoms with Gasteiger partial charge in [-0.1, -0.05) is 13.8 Å². The predicted molar refractivity (Wildman–Crippen MR) is 70.6 cm³/mol. The quantitative estimate of drug-likeness (QED) is 0.847. The Balaban J connectivity index is 2.91. The van der Waals surface area contributed by atoms with E-state index in [0.717, 1.165) is 6.42 Å². The molecule has 104 valence electrons. The largest absolute Gasteiger partial charge is 0.390 e. The third-order valence-corrected chi connectivity index (χ3v) is 4.80. The van der Waals surface area contributed by atoms with Crippen molar-refractivity contribution < 1.29 is 13.5 Å². The van der Waals surface area contributed by atoms with E-state index in [-0.39, 0.29) is 11.5 Å². The summed E-state index contributed by atoms with van der Waals surface area (Å²) < 4.78 is 27.5. The summed E-state index contributed by atoms with van der Waals surface area (Å²) in [5.41, 5.74) is 0.589. The van der Waals surface area contributed by atoms with Gasteiger partial charge in [-0.05, 0) is 18.4 Å². The van der Waals surface area contributed by atoms with Crippen LogP contribution in [0.5, 0.6) is 0 Å².